The van der Waals surface area contributed by atoms with E-state index in [4.69, 9.17) is 48.6 Å². The molecule has 0 aromatic heterocycles. The minimum absolute atomic E-state index is 0.0610. The fraction of sp³-hybridized carbons (Fsp3) is 0.333. The number of ether oxygens (including phenoxy) is 1. The molecule has 0 saturated carbocycles. The van der Waals surface area contributed by atoms with Crippen LogP contribution >= 0.6 is 42.4 Å². The van der Waals surface area contributed by atoms with Crippen molar-refractivity contribution in [1.82, 2.24) is 0 Å². The molecular weight excluding hydrogens is 478 g/mol. The molecule has 0 aliphatic carbocycles. The largest absolute Gasteiger partial charge is 0.454 e. The van der Waals surface area contributed by atoms with Gasteiger partial charge < -0.3 is 19.1 Å². The minimum Gasteiger partial charge on any atom is -0.454 e. The number of hydrogen-bond acceptors (Lipinski definition) is 7. The Hall–Kier alpha value is -1.54. The first-order valence-corrected chi connectivity index (χ1v) is 11.6. The number of nitrogens with zero attached hydrogens (tertiary/aromatic N) is 1. The maximum atomic E-state index is 12.9. The van der Waals surface area contributed by atoms with Gasteiger partial charge in [0.1, 0.15) is 17.2 Å². The molecule has 0 saturated heterocycles. The van der Waals surface area contributed by atoms with E-state index >= 15 is 0 Å². The van der Waals surface area contributed by atoms with E-state index in [9.17, 15) is 14.7 Å². The SMILES string of the molecule is CCOP(=O)(OCC)C(C)Nc1cc(Oc2c(Cl)cc(Cl)cc2Cl)ccc1[N+](=O)[O-]. The molecule has 2 rings (SSSR count). The molecule has 2 aromatic carbocycles. The number of anilines is 1. The number of halogens is 3. The van der Waals surface area contributed by atoms with E-state index in [2.05, 4.69) is 5.32 Å². The van der Waals surface area contributed by atoms with Gasteiger partial charge >= 0.3 is 7.60 Å². The molecule has 0 bridgehead atoms. The van der Waals surface area contributed by atoms with Crippen LogP contribution in [0.4, 0.5) is 11.4 Å². The number of nitrogens with one attached hydrogen (secondary N) is 1. The van der Waals surface area contributed by atoms with Crippen LogP contribution in [0.1, 0.15) is 20.8 Å². The Balaban J connectivity index is 2.39. The second-order valence-electron chi connectivity index (χ2n) is 5.93. The normalized spacial score (nSPS) is 12.5. The summed E-state index contributed by atoms with van der Waals surface area (Å²) in [5.74, 6) is -0.511. The Bertz CT molecular complexity index is 942. The summed E-state index contributed by atoms with van der Waals surface area (Å²) >= 11 is 18.2. The van der Waals surface area contributed by atoms with Crippen LogP contribution < -0.4 is 10.1 Å². The third kappa shape index (κ3) is 6.00. The van der Waals surface area contributed by atoms with E-state index in [1.807, 2.05) is 0 Å². The van der Waals surface area contributed by atoms with Gasteiger partial charge in [0.05, 0.1) is 28.2 Å². The molecule has 1 unspecified atom stereocenters. The zero-order valence-corrected chi connectivity index (χ0v) is 19.5. The van der Waals surface area contributed by atoms with Crippen LogP contribution in [0, 0.1) is 10.1 Å². The van der Waals surface area contributed by atoms with Crippen LogP contribution in [-0.4, -0.2) is 23.9 Å². The van der Waals surface area contributed by atoms with Gasteiger partial charge in [0.2, 0.25) is 0 Å². The Labute approximate surface area is 189 Å². The van der Waals surface area contributed by atoms with Gasteiger partial charge in [0, 0.05) is 17.2 Å². The molecule has 0 spiro atoms. The summed E-state index contributed by atoms with van der Waals surface area (Å²) in [6.07, 6.45) is 0. The first-order valence-electron chi connectivity index (χ1n) is 8.87. The number of nitro benzene ring substituents is 1. The summed E-state index contributed by atoms with van der Waals surface area (Å²) in [6, 6.07) is 6.92. The van der Waals surface area contributed by atoms with Gasteiger partial charge in [0.25, 0.3) is 5.69 Å². The quantitative estimate of drug-likeness (QED) is 0.208. The van der Waals surface area contributed by atoms with Crippen LogP contribution in [0.5, 0.6) is 11.5 Å². The fourth-order valence-electron chi connectivity index (χ4n) is 2.52. The Morgan fingerprint density at radius 2 is 1.67 bits per heavy atom. The molecule has 0 radical (unpaired) electrons. The molecule has 0 amide bonds. The van der Waals surface area contributed by atoms with Crippen LogP contribution in [0.2, 0.25) is 15.1 Å². The lowest BCUT2D eigenvalue weighted by molar-refractivity contribution is -0.384. The van der Waals surface area contributed by atoms with Gasteiger partial charge in [-0.1, -0.05) is 34.8 Å². The van der Waals surface area contributed by atoms with Crippen molar-refractivity contribution in [2.75, 3.05) is 18.5 Å². The van der Waals surface area contributed by atoms with E-state index in [-0.39, 0.29) is 46.1 Å². The molecule has 0 aliphatic heterocycles. The maximum absolute atomic E-state index is 12.9. The van der Waals surface area contributed by atoms with Gasteiger partial charge in [-0.2, -0.15) is 0 Å². The third-order valence-corrected chi connectivity index (χ3v) is 6.90. The van der Waals surface area contributed by atoms with Crippen molar-refractivity contribution < 1.29 is 23.3 Å². The minimum atomic E-state index is -3.56. The molecule has 0 aliphatic rings. The Morgan fingerprint density at radius 3 is 2.17 bits per heavy atom. The lowest BCUT2D eigenvalue weighted by Gasteiger charge is -2.25. The highest BCUT2D eigenvalue weighted by atomic mass is 35.5. The van der Waals surface area contributed by atoms with Crippen molar-refractivity contribution in [2.45, 2.75) is 26.6 Å². The smallest absolute Gasteiger partial charge is 0.352 e. The zero-order valence-electron chi connectivity index (χ0n) is 16.4. The van der Waals surface area contributed by atoms with Crippen molar-refractivity contribution >= 4 is 53.8 Å². The first kappa shape index (κ1) is 24.7. The van der Waals surface area contributed by atoms with Crippen LogP contribution in [-0.2, 0) is 13.6 Å². The summed E-state index contributed by atoms with van der Waals surface area (Å²) in [7, 11) is -3.56. The van der Waals surface area contributed by atoms with Crippen molar-refractivity contribution in [2.24, 2.45) is 0 Å². The highest BCUT2D eigenvalue weighted by Gasteiger charge is 2.33. The molecule has 0 heterocycles. The molecule has 1 N–H and O–H groups in total. The zero-order chi connectivity index (χ0) is 22.5. The first-order chi connectivity index (χ1) is 14.1. The second kappa shape index (κ2) is 10.7. The van der Waals surface area contributed by atoms with Crippen LogP contribution in [0.15, 0.2) is 30.3 Å². The second-order valence-corrected chi connectivity index (χ2v) is 9.55. The van der Waals surface area contributed by atoms with E-state index in [0.717, 1.165) is 0 Å². The fourth-order valence-corrected chi connectivity index (χ4v) is 4.96. The van der Waals surface area contributed by atoms with Gasteiger partial charge in [-0.05, 0) is 39.0 Å². The molecule has 8 nitrogen and oxygen atoms in total. The standard InChI is InChI=1S/C18H20Cl3N2O6P/c1-4-27-30(26,28-5-2)11(3)22-16-10-13(6-7-17(16)23(24)25)29-18-14(20)8-12(19)9-15(18)21/h6-11,22H,4-5H2,1-3H3. The van der Waals surface area contributed by atoms with Crippen molar-refractivity contribution in [3.05, 3.63) is 55.5 Å². The number of rotatable bonds is 10. The highest BCUT2D eigenvalue weighted by molar-refractivity contribution is 7.54. The summed E-state index contributed by atoms with van der Waals surface area (Å²) in [5, 5.41) is 15.0. The van der Waals surface area contributed by atoms with E-state index in [1.54, 1.807) is 20.8 Å². The van der Waals surface area contributed by atoms with Gasteiger partial charge in [0.15, 0.2) is 5.75 Å². The lowest BCUT2D eigenvalue weighted by Crippen LogP contribution is -2.19. The third-order valence-electron chi connectivity index (χ3n) is 3.80. The molecule has 1 atom stereocenters. The van der Waals surface area contributed by atoms with Crippen LogP contribution in [0.3, 0.4) is 0 Å². The van der Waals surface area contributed by atoms with E-state index in [1.165, 1.54) is 30.3 Å². The number of nitro groups is 1. The molecular formula is C18H20Cl3N2O6P. The van der Waals surface area contributed by atoms with Gasteiger partial charge in [-0.3, -0.25) is 14.7 Å². The summed E-state index contributed by atoms with van der Waals surface area (Å²) in [4.78, 5) is 10.9. The predicted molar refractivity (Wildman–Crippen MR) is 119 cm³/mol. The monoisotopic (exact) mass is 496 g/mol. The van der Waals surface area contributed by atoms with Crippen molar-refractivity contribution in [1.29, 1.82) is 0 Å². The number of hydrogen-bond donors (Lipinski definition) is 1. The van der Waals surface area contributed by atoms with Crippen LogP contribution in [0.25, 0.3) is 0 Å². The lowest BCUT2D eigenvalue weighted by atomic mass is 10.2. The molecule has 164 valence electrons. The Kier molecular flexibility index (Phi) is 8.79. The summed E-state index contributed by atoms with van der Waals surface area (Å²) in [6.45, 7) is 5.21. The van der Waals surface area contributed by atoms with Crippen molar-refractivity contribution in [3.8, 4) is 11.5 Å². The van der Waals surface area contributed by atoms with E-state index in [0.29, 0.717) is 5.02 Å². The Morgan fingerprint density at radius 1 is 1.10 bits per heavy atom. The molecule has 30 heavy (non-hydrogen) atoms. The van der Waals surface area contributed by atoms with Crippen molar-refractivity contribution in [3.63, 3.8) is 0 Å². The maximum Gasteiger partial charge on any atom is 0.352 e. The molecule has 0 fully saturated rings. The summed E-state index contributed by atoms with van der Waals surface area (Å²) in [5.41, 5.74) is -0.187. The summed E-state index contributed by atoms with van der Waals surface area (Å²) < 4.78 is 29.2. The van der Waals surface area contributed by atoms with E-state index < -0.39 is 18.3 Å². The molecule has 2 aromatic rings. The molecule has 12 heteroatoms. The average molecular weight is 498 g/mol. The highest BCUT2D eigenvalue weighted by Crippen LogP contribution is 2.53. The number of benzene rings is 2. The average Bonchev–Trinajstić information content (AvgIpc) is 2.65. The van der Waals surface area contributed by atoms with Gasteiger partial charge in [-0.15, -0.1) is 0 Å². The van der Waals surface area contributed by atoms with Gasteiger partial charge in [-0.25, -0.2) is 0 Å². The predicted octanol–water partition coefficient (Wildman–Crippen LogP) is 7.37. The topological polar surface area (TPSA) is 99.9 Å².